The molecule has 2 fully saturated rings. The van der Waals surface area contributed by atoms with E-state index in [1.54, 1.807) is 67.6 Å². The van der Waals surface area contributed by atoms with Gasteiger partial charge < -0.3 is 29.7 Å². The number of hydrogen-bond acceptors (Lipinski definition) is 7. The first-order valence-corrected chi connectivity index (χ1v) is 18.1. The number of amides is 3. The second-order valence-corrected chi connectivity index (χ2v) is 14.5. The minimum Gasteiger partial charge on any atom is -0.455 e. The number of nitrogens with one attached hydrogen (secondary N) is 1. The number of halogens is 2. The summed E-state index contributed by atoms with van der Waals surface area (Å²) >= 11 is 10.3. The van der Waals surface area contributed by atoms with Crippen LogP contribution in [0.25, 0.3) is 0 Å². The number of esters is 1. The van der Waals surface area contributed by atoms with Crippen molar-refractivity contribution in [2.24, 2.45) is 11.8 Å². The van der Waals surface area contributed by atoms with Gasteiger partial charge in [0, 0.05) is 17.4 Å². The van der Waals surface area contributed by atoms with Crippen molar-refractivity contribution in [3.63, 3.8) is 0 Å². The van der Waals surface area contributed by atoms with Crippen LogP contribution >= 0.6 is 27.5 Å². The third kappa shape index (κ3) is 6.20. The van der Waals surface area contributed by atoms with Gasteiger partial charge in [0.1, 0.15) is 29.8 Å². The summed E-state index contributed by atoms with van der Waals surface area (Å²) in [5.74, 6) is -4.29. The van der Waals surface area contributed by atoms with Crippen molar-refractivity contribution < 1.29 is 33.8 Å². The molecule has 5 bridgehead atoms. The molecule has 0 unspecified atom stereocenters. The first-order chi connectivity index (χ1) is 24.7. The molecule has 264 valence electrons. The fourth-order valence-electron chi connectivity index (χ4n) is 7.92. The molecule has 2 saturated heterocycles. The second kappa shape index (κ2) is 14.4. The quantitative estimate of drug-likeness (QED) is 0.262. The van der Waals surface area contributed by atoms with Gasteiger partial charge in [-0.1, -0.05) is 112 Å². The lowest BCUT2D eigenvalue weighted by Gasteiger charge is -2.39. The van der Waals surface area contributed by atoms with E-state index in [0.29, 0.717) is 32.7 Å². The van der Waals surface area contributed by atoms with Crippen LogP contribution in [0.3, 0.4) is 0 Å². The van der Waals surface area contributed by atoms with E-state index in [-0.39, 0.29) is 18.9 Å². The van der Waals surface area contributed by atoms with Gasteiger partial charge in [0.2, 0.25) is 11.8 Å². The van der Waals surface area contributed by atoms with Crippen molar-refractivity contribution in [1.82, 2.24) is 10.2 Å². The zero-order valence-electron chi connectivity index (χ0n) is 27.7. The lowest BCUT2D eigenvalue weighted by atomic mass is 9.74. The molecule has 0 aromatic heterocycles. The van der Waals surface area contributed by atoms with Crippen LogP contribution in [0.1, 0.15) is 43.0 Å². The number of rotatable bonds is 5. The van der Waals surface area contributed by atoms with Gasteiger partial charge in [0.15, 0.2) is 0 Å². The van der Waals surface area contributed by atoms with Gasteiger partial charge in [-0.25, -0.2) is 0 Å². The molecule has 10 nitrogen and oxygen atoms in total. The number of likely N-dealkylation sites (tertiary alicyclic amines) is 1. The Balaban J connectivity index is 1.40. The number of cyclic esters (lactones) is 1. The molecule has 0 aliphatic carbocycles. The van der Waals surface area contributed by atoms with Crippen molar-refractivity contribution in [2.75, 3.05) is 18.1 Å². The maximum absolute atomic E-state index is 15.3. The molecule has 1 spiro atoms. The summed E-state index contributed by atoms with van der Waals surface area (Å²) in [6, 6.07) is 22.1. The number of anilines is 1. The number of carbonyl (C=O) groups excluding carboxylic acids is 4. The maximum atomic E-state index is 15.3. The Morgan fingerprint density at radius 3 is 2.33 bits per heavy atom. The Bertz CT molecular complexity index is 1890. The number of aliphatic hydroxyl groups excluding tert-OH is 1. The lowest BCUT2D eigenvalue weighted by molar-refractivity contribution is -0.161. The monoisotopic (exact) mass is 773 g/mol. The molecule has 2 N–H and O–H groups in total. The molecular weight excluding hydrogens is 738 g/mol. The summed E-state index contributed by atoms with van der Waals surface area (Å²) in [4.78, 5) is 60.7. The highest BCUT2D eigenvalue weighted by atomic mass is 79.9. The van der Waals surface area contributed by atoms with Crippen LogP contribution in [0.4, 0.5) is 5.69 Å². The maximum Gasteiger partial charge on any atom is 0.313 e. The number of para-hydroxylation sites is 1. The van der Waals surface area contributed by atoms with E-state index in [2.05, 4.69) is 21.2 Å². The molecule has 0 radical (unpaired) electrons. The van der Waals surface area contributed by atoms with Gasteiger partial charge >= 0.3 is 5.97 Å². The Morgan fingerprint density at radius 2 is 1.63 bits per heavy atom. The van der Waals surface area contributed by atoms with E-state index in [0.717, 1.165) is 0 Å². The molecule has 3 amide bonds. The summed E-state index contributed by atoms with van der Waals surface area (Å²) in [6.45, 7) is 1.34. The summed E-state index contributed by atoms with van der Waals surface area (Å²) in [6.07, 6.45) is 4.06. The molecule has 3 aromatic carbocycles. The topological polar surface area (TPSA) is 125 Å². The van der Waals surface area contributed by atoms with Crippen LogP contribution in [0, 0.1) is 11.8 Å². The zero-order valence-corrected chi connectivity index (χ0v) is 30.1. The largest absolute Gasteiger partial charge is 0.455 e. The molecule has 3 aromatic rings. The second-order valence-electron chi connectivity index (χ2n) is 13.2. The fourth-order valence-corrected chi connectivity index (χ4v) is 8.89. The van der Waals surface area contributed by atoms with Gasteiger partial charge in [0.05, 0.1) is 35.3 Å². The highest BCUT2D eigenvalue weighted by Gasteiger charge is 2.75. The average Bonchev–Trinajstić information content (AvgIpc) is 3.73. The van der Waals surface area contributed by atoms with Gasteiger partial charge in [-0.05, 0) is 42.7 Å². The molecule has 0 saturated carbocycles. The van der Waals surface area contributed by atoms with Crippen molar-refractivity contribution in [3.8, 4) is 0 Å². The first kappa shape index (κ1) is 35.1. The number of allylic oxidation sites excluding steroid dienone is 1. The van der Waals surface area contributed by atoms with Crippen LogP contribution < -0.4 is 10.2 Å². The Labute approximate surface area is 309 Å². The van der Waals surface area contributed by atoms with Crippen molar-refractivity contribution in [3.05, 3.63) is 124 Å². The van der Waals surface area contributed by atoms with E-state index in [1.807, 2.05) is 42.5 Å². The van der Waals surface area contributed by atoms with E-state index < -0.39 is 72.2 Å². The third-order valence-electron chi connectivity index (χ3n) is 10.2. The minimum absolute atomic E-state index is 0.0604. The van der Waals surface area contributed by atoms with Gasteiger partial charge in [-0.15, -0.1) is 0 Å². The number of nitrogens with zero attached hydrogens (tertiary/aromatic N) is 2. The normalized spacial score (nSPS) is 30.8. The standard InChI is InChI=1S/C39H37BrClN3O7/c1-23-33(25-15-7-3-8-16-25)50-38(49)31-32-36(47)44(29(22-45)24-13-5-2-6-14-24)35(39(32)21-26(40)34(31)51-39)37(48)43(28-18-11-10-17-27(28)41)20-12-4-9-19-30(46)42-23/h2-8,10-18,21,23,29,31-35,45H,9,19-20,22H2,1H3,(H,42,46)/b12-4-/t23-,29-,31+,32-,33+,34+,35+,39-/m1/s1. The van der Waals surface area contributed by atoms with Crippen molar-refractivity contribution >= 4 is 56.9 Å². The lowest BCUT2D eigenvalue weighted by Crippen LogP contribution is -2.57. The molecule has 8 atom stereocenters. The van der Waals surface area contributed by atoms with Crippen LogP contribution in [0.5, 0.6) is 0 Å². The van der Waals surface area contributed by atoms with E-state index in [9.17, 15) is 19.5 Å². The van der Waals surface area contributed by atoms with Gasteiger partial charge in [-0.2, -0.15) is 0 Å². The van der Waals surface area contributed by atoms with Gasteiger partial charge in [0.25, 0.3) is 5.91 Å². The molecular formula is C39H37BrClN3O7. The minimum atomic E-state index is -1.59. The van der Waals surface area contributed by atoms with E-state index in [4.69, 9.17) is 21.1 Å². The molecule has 51 heavy (non-hydrogen) atoms. The van der Waals surface area contributed by atoms with Crippen LogP contribution in [-0.2, 0) is 28.7 Å². The predicted molar refractivity (Wildman–Crippen MR) is 194 cm³/mol. The number of benzene rings is 3. The first-order valence-electron chi connectivity index (χ1n) is 17.0. The van der Waals surface area contributed by atoms with E-state index in [1.165, 1.54) is 9.80 Å². The van der Waals surface area contributed by atoms with Crippen molar-refractivity contribution in [2.45, 2.75) is 55.7 Å². The fraction of sp³-hybridized carbons (Fsp3) is 0.333. The van der Waals surface area contributed by atoms with Crippen LogP contribution in [-0.4, -0.2) is 70.6 Å². The Kier molecular flexibility index (Phi) is 9.91. The molecule has 4 aliphatic heterocycles. The highest BCUT2D eigenvalue weighted by molar-refractivity contribution is 9.11. The average molecular weight is 775 g/mol. The number of fused-ring (bicyclic) bond motifs is 2. The summed E-state index contributed by atoms with van der Waals surface area (Å²) < 4.78 is 13.5. The van der Waals surface area contributed by atoms with Gasteiger partial charge in [-0.3, -0.25) is 19.2 Å². The Morgan fingerprint density at radius 1 is 0.941 bits per heavy atom. The summed E-state index contributed by atoms with van der Waals surface area (Å²) in [5, 5.41) is 14.2. The predicted octanol–water partition coefficient (Wildman–Crippen LogP) is 5.42. The third-order valence-corrected chi connectivity index (χ3v) is 11.2. The van der Waals surface area contributed by atoms with Crippen LogP contribution in [0.15, 0.2) is 108 Å². The number of ether oxygens (including phenoxy) is 2. The number of carbonyl (C=O) groups is 4. The summed E-state index contributed by atoms with van der Waals surface area (Å²) in [5.41, 5.74) is 0.0856. The van der Waals surface area contributed by atoms with Crippen LogP contribution in [0.2, 0.25) is 5.02 Å². The Hall–Kier alpha value is -4.29. The summed E-state index contributed by atoms with van der Waals surface area (Å²) in [7, 11) is 0. The number of aliphatic hydroxyl groups is 1. The highest BCUT2D eigenvalue weighted by Crippen LogP contribution is 2.60. The zero-order chi connectivity index (χ0) is 35.9. The van der Waals surface area contributed by atoms with Crippen molar-refractivity contribution in [1.29, 1.82) is 0 Å². The SMILES string of the molecule is C[C@H]1NC(=O)CC/C=C\CN(c2ccccc2Cl)C(=O)[C@@H]2N([C@H](CO)c3ccccc3)C(=O)[C@H]3[C@H](C(=O)O[C@@H]1c1ccccc1)[C@H]1O[C@@]23C=C1Br. The smallest absolute Gasteiger partial charge is 0.313 e. The van der Waals surface area contributed by atoms with E-state index >= 15 is 4.79 Å². The molecule has 4 heterocycles. The molecule has 12 heteroatoms. The number of hydrogen-bond donors (Lipinski definition) is 2. The molecule has 7 rings (SSSR count). The molecule has 4 aliphatic rings.